The molecule has 0 bridgehead atoms. The van der Waals surface area contributed by atoms with Crippen molar-refractivity contribution in [1.82, 2.24) is 9.29 Å². The lowest BCUT2D eigenvalue weighted by molar-refractivity contribution is 0.414. The number of methoxy groups -OCH3 is 1. The highest BCUT2D eigenvalue weighted by Crippen LogP contribution is 2.22. The summed E-state index contributed by atoms with van der Waals surface area (Å²) in [4.78, 5) is 4.55. The second-order valence-corrected chi connectivity index (χ2v) is 7.52. The van der Waals surface area contributed by atoms with Gasteiger partial charge in [0, 0.05) is 17.6 Å². The first kappa shape index (κ1) is 16.7. The number of benzene rings is 1. The lowest BCUT2D eigenvalue weighted by Gasteiger charge is -2.19. The van der Waals surface area contributed by atoms with Gasteiger partial charge in [-0.05, 0) is 31.2 Å². The zero-order chi connectivity index (χ0) is 16.2. The van der Waals surface area contributed by atoms with E-state index < -0.39 is 10.0 Å². The van der Waals surface area contributed by atoms with Crippen LogP contribution in [0.1, 0.15) is 10.7 Å². The van der Waals surface area contributed by atoms with Gasteiger partial charge in [0.05, 0.1) is 18.6 Å². The second-order valence-electron chi connectivity index (χ2n) is 4.64. The predicted octanol–water partition coefficient (Wildman–Crippen LogP) is 2.84. The number of nitrogens with zero attached hydrogens (tertiary/aromatic N) is 2. The zero-order valence-corrected chi connectivity index (χ0v) is 14.2. The number of thiazole rings is 1. The van der Waals surface area contributed by atoms with E-state index in [4.69, 9.17) is 4.74 Å². The molecule has 0 N–H and O–H groups in total. The maximum Gasteiger partial charge on any atom is 0.243 e. The van der Waals surface area contributed by atoms with Gasteiger partial charge in [-0.15, -0.1) is 17.9 Å². The molecule has 0 unspecified atom stereocenters. The van der Waals surface area contributed by atoms with Crippen molar-refractivity contribution >= 4 is 21.4 Å². The molecular weight excluding hydrogens is 320 g/mol. The number of aromatic nitrogens is 1. The Morgan fingerprint density at radius 3 is 2.55 bits per heavy atom. The Kier molecular flexibility index (Phi) is 5.33. The van der Waals surface area contributed by atoms with Gasteiger partial charge in [0.25, 0.3) is 0 Å². The topological polar surface area (TPSA) is 59.5 Å². The van der Waals surface area contributed by atoms with E-state index in [2.05, 4.69) is 11.6 Å². The average molecular weight is 338 g/mol. The predicted molar refractivity (Wildman–Crippen MR) is 87.6 cm³/mol. The molecule has 0 aliphatic carbocycles. The van der Waals surface area contributed by atoms with Crippen LogP contribution in [0.15, 0.2) is 47.2 Å². The molecule has 0 fully saturated rings. The summed E-state index contributed by atoms with van der Waals surface area (Å²) in [7, 11) is -2.06. The third-order valence-corrected chi connectivity index (χ3v) is 5.79. The molecule has 0 aliphatic rings. The van der Waals surface area contributed by atoms with Crippen LogP contribution in [0, 0.1) is 6.92 Å². The van der Waals surface area contributed by atoms with Gasteiger partial charge in [-0.3, -0.25) is 0 Å². The van der Waals surface area contributed by atoms with Gasteiger partial charge >= 0.3 is 0 Å². The number of aryl methyl sites for hydroxylation is 1. The van der Waals surface area contributed by atoms with E-state index in [1.807, 2.05) is 12.3 Å². The van der Waals surface area contributed by atoms with Crippen molar-refractivity contribution in [3.8, 4) is 5.75 Å². The maximum absolute atomic E-state index is 12.7. The monoisotopic (exact) mass is 338 g/mol. The standard InChI is InChI=1S/C15H18N2O3S2/c1-4-9-17(10-15-16-12(2)11-21-15)22(18,19)14-7-5-13(20-3)6-8-14/h4-8,11H,1,9-10H2,2-3H3. The van der Waals surface area contributed by atoms with Crippen LogP contribution in [0.25, 0.3) is 0 Å². The highest BCUT2D eigenvalue weighted by Gasteiger charge is 2.24. The molecule has 22 heavy (non-hydrogen) atoms. The van der Waals surface area contributed by atoms with E-state index in [0.717, 1.165) is 10.7 Å². The first-order chi connectivity index (χ1) is 10.5. The van der Waals surface area contributed by atoms with Crippen molar-refractivity contribution in [2.75, 3.05) is 13.7 Å². The fourth-order valence-electron chi connectivity index (χ4n) is 1.91. The third kappa shape index (κ3) is 3.73. The molecule has 7 heteroatoms. The number of rotatable bonds is 7. The van der Waals surface area contributed by atoms with E-state index in [1.54, 1.807) is 18.2 Å². The Labute approximate surface area is 134 Å². The van der Waals surface area contributed by atoms with E-state index >= 15 is 0 Å². The molecule has 0 amide bonds. The van der Waals surface area contributed by atoms with Crippen molar-refractivity contribution in [3.05, 3.63) is 53.0 Å². The average Bonchev–Trinajstić information content (AvgIpc) is 2.92. The Morgan fingerprint density at radius 1 is 1.36 bits per heavy atom. The van der Waals surface area contributed by atoms with Gasteiger partial charge < -0.3 is 4.74 Å². The van der Waals surface area contributed by atoms with Crippen LogP contribution in [-0.4, -0.2) is 31.4 Å². The SMILES string of the molecule is C=CCN(Cc1nc(C)cs1)S(=O)(=O)c1ccc(OC)cc1. The van der Waals surface area contributed by atoms with Gasteiger partial charge in [0.2, 0.25) is 10.0 Å². The zero-order valence-electron chi connectivity index (χ0n) is 12.5. The molecule has 5 nitrogen and oxygen atoms in total. The van der Waals surface area contributed by atoms with Gasteiger partial charge in [0.15, 0.2) is 0 Å². The summed E-state index contributed by atoms with van der Waals surface area (Å²) in [6, 6.07) is 6.34. The number of hydrogen-bond donors (Lipinski definition) is 0. The van der Waals surface area contributed by atoms with Crippen LogP contribution in [0.2, 0.25) is 0 Å². The first-order valence-electron chi connectivity index (χ1n) is 6.63. The second kappa shape index (κ2) is 7.04. The highest BCUT2D eigenvalue weighted by molar-refractivity contribution is 7.89. The largest absolute Gasteiger partial charge is 0.497 e. The quantitative estimate of drug-likeness (QED) is 0.729. The minimum absolute atomic E-state index is 0.225. The number of ether oxygens (including phenoxy) is 1. The molecule has 0 saturated heterocycles. The molecular formula is C15H18N2O3S2. The summed E-state index contributed by atoms with van der Waals surface area (Å²) < 4.78 is 31.9. The Balaban J connectivity index is 2.29. The summed E-state index contributed by atoms with van der Waals surface area (Å²) in [5, 5.41) is 2.66. The fourth-order valence-corrected chi connectivity index (χ4v) is 4.15. The van der Waals surface area contributed by atoms with Crippen molar-refractivity contribution in [1.29, 1.82) is 0 Å². The molecule has 2 aromatic rings. The van der Waals surface area contributed by atoms with Crippen molar-refractivity contribution in [2.24, 2.45) is 0 Å². The van der Waals surface area contributed by atoms with Crippen LogP contribution in [0.3, 0.4) is 0 Å². The Bertz CT molecular complexity index is 736. The Hall–Kier alpha value is -1.70. The molecule has 0 spiro atoms. The lowest BCUT2D eigenvalue weighted by Crippen LogP contribution is -2.30. The summed E-state index contributed by atoms with van der Waals surface area (Å²) in [6.45, 7) is 5.99. The van der Waals surface area contributed by atoms with Gasteiger partial charge in [0.1, 0.15) is 10.8 Å². The van der Waals surface area contributed by atoms with Gasteiger partial charge in [-0.1, -0.05) is 6.08 Å². The molecule has 118 valence electrons. The maximum atomic E-state index is 12.7. The summed E-state index contributed by atoms with van der Waals surface area (Å²) >= 11 is 1.45. The molecule has 2 rings (SSSR count). The molecule has 0 aliphatic heterocycles. The molecule has 0 saturated carbocycles. The van der Waals surface area contributed by atoms with E-state index in [1.165, 1.54) is 34.9 Å². The van der Waals surface area contributed by atoms with Crippen molar-refractivity contribution in [3.63, 3.8) is 0 Å². The van der Waals surface area contributed by atoms with Crippen molar-refractivity contribution < 1.29 is 13.2 Å². The molecule has 1 aromatic heterocycles. The molecule has 1 aromatic carbocycles. The lowest BCUT2D eigenvalue weighted by atomic mass is 10.3. The normalized spacial score (nSPS) is 11.6. The minimum Gasteiger partial charge on any atom is -0.497 e. The highest BCUT2D eigenvalue weighted by atomic mass is 32.2. The van der Waals surface area contributed by atoms with E-state index in [-0.39, 0.29) is 18.0 Å². The molecule has 0 radical (unpaired) electrons. The number of sulfonamides is 1. The first-order valence-corrected chi connectivity index (χ1v) is 8.95. The van der Waals surface area contributed by atoms with Gasteiger partial charge in [-0.25, -0.2) is 13.4 Å². The summed E-state index contributed by atoms with van der Waals surface area (Å²) in [5.74, 6) is 0.616. The minimum atomic E-state index is -3.60. The van der Waals surface area contributed by atoms with E-state index in [9.17, 15) is 8.42 Å². The fraction of sp³-hybridized carbons (Fsp3) is 0.267. The van der Waals surface area contributed by atoms with Crippen LogP contribution >= 0.6 is 11.3 Å². The molecule has 0 atom stereocenters. The third-order valence-electron chi connectivity index (χ3n) is 3.01. The van der Waals surface area contributed by atoms with E-state index in [0.29, 0.717) is 5.75 Å². The van der Waals surface area contributed by atoms with Crippen LogP contribution < -0.4 is 4.74 Å². The molecule has 1 heterocycles. The van der Waals surface area contributed by atoms with Crippen LogP contribution in [-0.2, 0) is 16.6 Å². The Morgan fingerprint density at radius 2 is 2.05 bits per heavy atom. The van der Waals surface area contributed by atoms with Crippen LogP contribution in [0.5, 0.6) is 5.75 Å². The smallest absolute Gasteiger partial charge is 0.243 e. The van der Waals surface area contributed by atoms with Crippen molar-refractivity contribution in [2.45, 2.75) is 18.4 Å². The van der Waals surface area contributed by atoms with Gasteiger partial charge in [-0.2, -0.15) is 4.31 Å². The van der Waals surface area contributed by atoms with Crippen LogP contribution in [0.4, 0.5) is 0 Å². The summed E-state index contributed by atoms with van der Waals surface area (Å²) in [5.41, 5.74) is 0.889. The number of hydrogen-bond acceptors (Lipinski definition) is 5. The summed E-state index contributed by atoms with van der Waals surface area (Å²) in [6.07, 6.45) is 1.57.